The van der Waals surface area contributed by atoms with Crippen molar-refractivity contribution in [3.8, 4) is 6.01 Å². The topological polar surface area (TPSA) is 163 Å². The van der Waals surface area contributed by atoms with Crippen LogP contribution >= 0.6 is 0 Å². The van der Waals surface area contributed by atoms with E-state index in [-0.39, 0.29) is 23.8 Å². The first-order valence-electron chi connectivity index (χ1n) is 8.53. The average molecular weight is 390 g/mol. The average Bonchev–Trinajstić information content (AvgIpc) is 3.18. The highest BCUT2D eigenvalue weighted by atomic mass is 16.6. The third-order valence-electron chi connectivity index (χ3n) is 4.54. The maximum atomic E-state index is 12.1. The second kappa shape index (κ2) is 7.20. The Labute approximate surface area is 156 Å². The van der Waals surface area contributed by atoms with Gasteiger partial charge in [-0.2, -0.15) is 4.98 Å². The molecule has 1 aromatic carbocycles. The van der Waals surface area contributed by atoms with Crippen LogP contribution in [0, 0.1) is 0 Å². The zero-order chi connectivity index (χ0) is 19.8. The predicted molar refractivity (Wildman–Crippen MR) is 94.8 cm³/mol. The van der Waals surface area contributed by atoms with E-state index in [4.69, 9.17) is 9.47 Å². The lowest BCUT2D eigenvalue weighted by molar-refractivity contribution is -0.0545. The Balaban J connectivity index is 1.80. The third-order valence-corrected chi connectivity index (χ3v) is 4.54. The van der Waals surface area contributed by atoms with Crippen molar-refractivity contribution in [2.45, 2.75) is 31.1 Å². The number of aromatic amines is 2. The zero-order valence-corrected chi connectivity index (χ0v) is 14.5. The van der Waals surface area contributed by atoms with Crippen molar-refractivity contribution in [3.05, 3.63) is 56.7 Å². The van der Waals surface area contributed by atoms with Crippen LogP contribution in [0.15, 0.2) is 39.9 Å². The first-order chi connectivity index (χ1) is 13.5. The summed E-state index contributed by atoms with van der Waals surface area (Å²) in [5.74, 6) is 0. The van der Waals surface area contributed by atoms with Crippen molar-refractivity contribution in [3.63, 3.8) is 0 Å². The van der Waals surface area contributed by atoms with Gasteiger partial charge in [0.1, 0.15) is 24.9 Å². The van der Waals surface area contributed by atoms with Gasteiger partial charge in [0.2, 0.25) is 0 Å². The summed E-state index contributed by atoms with van der Waals surface area (Å²) in [7, 11) is 0. The van der Waals surface area contributed by atoms with Gasteiger partial charge in [0.05, 0.1) is 6.61 Å². The summed E-state index contributed by atoms with van der Waals surface area (Å²) in [6.07, 6.45) is -5.10. The van der Waals surface area contributed by atoms with Crippen molar-refractivity contribution in [2.24, 2.45) is 0 Å². The van der Waals surface area contributed by atoms with Crippen molar-refractivity contribution >= 4 is 11.2 Å². The number of hydrogen-bond acceptors (Lipinski definition) is 8. The number of nitrogens with one attached hydrogen (secondary N) is 2. The van der Waals surface area contributed by atoms with Gasteiger partial charge < -0.3 is 24.8 Å². The Morgan fingerprint density at radius 2 is 1.89 bits per heavy atom. The van der Waals surface area contributed by atoms with Gasteiger partial charge in [-0.3, -0.25) is 14.8 Å². The van der Waals surface area contributed by atoms with E-state index in [2.05, 4.69) is 15.0 Å². The Hall–Kier alpha value is -2.99. The lowest BCUT2D eigenvalue weighted by atomic mass is 10.1. The molecule has 1 aliphatic heterocycles. The predicted octanol–water partition coefficient (Wildman–Crippen LogP) is -1.40. The number of rotatable bonds is 5. The molecular formula is C17H18N4O7. The van der Waals surface area contributed by atoms with Gasteiger partial charge in [0, 0.05) is 0 Å². The molecule has 4 atom stereocenters. The van der Waals surface area contributed by atoms with E-state index in [1.54, 1.807) is 0 Å². The van der Waals surface area contributed by atoms with Crippen LogP contribution in [0.1, 0.15) is 11.8 Å². The van der Waals surface area contributed by atoms with Crippen molar-refractivity contribution < 1.29 is 24.8 Å². The molecule has 0 bridgehead atoms. The van der Waals surface area contributed by atoms with Crippen LogP contribution in [-0.2, 0) is 11.3 Å². The summed E-state index contributed by atoms with van der Waals surface area (Å²) in [5, 5.41) is 29.8. The van der Waals surface area contributed by atoms with E-state index in [0.29, 0.717) is 0 Å². The van der Waals surface area contributed by atoms with Gasteiger partial charge in [0.15, 0.2) is 17.4 Å². The molecule has 0 aliphatic carbocycles. The van der Waals surface area contributed by atoms with Crippen molar-refractivity contribution in [1.82, 2.24) is 19.5 Å². The van der Waals surface area contributed by atoms with Crippen LogP contribution in [-0.4, -0.2) is 59.8 Å². The quantitative estimate of drug-likeness (QED) is 0.355. The van der Waals surface area contributed by atoms with Gasteiger partial charge in [-0.05, 0) is 5.56 Å². The van der Waals surface area contributed by atoms with Crippen LogP contribution in [0.3, 0.4) is 0 Å². The van der Waals surface area contributed by atoms with Crippen molar-refractivity contribution in [1.29, 1.82) is 0 Å². The number of aromatic nitrogens is 4. The van der Waals surface area contributed by atoms with Gasteiger partial charge >= 0.3 is 11.7 Å². The minimum absolute atomic E-state index is 0.0355. The molecular weight excluding hydrogens is 372 g/mol. The summed E-state index contributed by atoms with van der Waals surface area (Å²) < 4.78 is 12.4. The first kappa shape index (κ1) is 18.4. The van der Waals surface area contributed by atoms with E-state index in [1.807, 2.05) is 30.3 Å². The molecule has 0 amide bonds. The molecule has 1 aliphatic rings. The maximum absolute atomic E-state index is 12.1. The van der Waals surface area contributed by atoms with Crippen LogP contribution in [0.2, 0.25) is 0 Å². The second-order valence-corrected chi connectivity index (χ2v) is 6.37. The molecule has 0 saturated carbocycles. The molecule has 5 N–H and O–H groups in total. The van der Waals surface area contributed by atoms with E-state index in [9.17, 15) is 24.9 Å². The van der Waals surface area contributed by atoms with E-state index >= 15 is 0 Å². The molecule has 11 heteroatoms. The van der Waals surface area contributed by atoms with Crippen LogP contribution < -0.4 is 16.0 Å². The van der Waals surface area contributed by atoms with Gasteiger partial charge in [-0.1, -0.05) is 30.3 Å². The lowest BCUT2D eigenvalue weighted by Gasteiger charge is -2.19. The summed E-state index contributed by atoms with van der Waals surface area (Å²) in [5.41, 5.74) is -0.856. The molecule has 0 radical (unpaired) electrons. The fourth-order valence-electron chi connectivity index (χ4n) is 3.14. The first-order valence-corrected chi connectivity index (χ1v) is 8.53. The monoisotopic (exact) mass is 390 g/mol. The molecule has 1 fully saturated rings. The van der Waals surface area contributed by atoms with Gasteiger partial charge in [-0.25, -0.2) is 9.36 Å². The van der Waals surface area contributed by atoms with Crippen LogP contribution in [0.5, 0.6) is 6.01 Å². The minimum Gasteiger partial charge on any atom is -0.460 e. The minimum atomic E-state index is -1.45. The van der Waals surface area contributed by atoms with Crippen LogP contribution in [0.25, 0.3) is 11.2 Å². The standard InChI is InChI=1S/C17H18N4O7/c22-6-9-11(23)12(24)15(28-9)21-13-10(14(25)20-16(26)19-13)18-17(21)27-7-8-4-2-1-3-5-8/h1-5,9,11-12,15,22-24H,6-7H2,(H2,19,20,25,26)/t9-,11-,12+,15-/m0/s1. The summed E-state index contributed by atoms with van der Waals surface area (Å²) >= 11 is 0. The highest BCUT2D eigenvalue weighted by Crippen LogP contribution is 2.34. The number of imidazole rings is 1. The summed E-state index contributed by atoms with van der Waals surface area (Å²) in [6.45, 7) is -0.431. The number of hydrogen-bond donors (Lipinski definition) is 5. The van der Waals surface area contributed by atoms with Crippen molar-refractivity contribution in [2.75, 3.05) is 6.61 Å². The number of benzene rings is 1. The number of nitrogens with zero attached hydrogens (tertiary/aromatic N) is 2. The van der Waals surface area contributed by atoms with Crippen LogP contribution in [0.4, 0.5) is 0 Å². The molecule has 3 aromatic rings. The highest BCUT2D eigenvalue weighted by Gasteiger charge is 2.45. The molecule has 1 saturated heterocycles. The largest absolute Gasteiger partial charge is 0.460 e. The van der Waals surface area contributed by atoms with E-state index < -0.39 is 42.4 Å². The second-order valence-electron chi connectivity index (χ2n) is 6.37. The number of H-pyrrole nitrogens is 2. The van der Waals surface area contributed by atoms with E-state index in [0.717, 1.165) is 5.56 Å². The molecule has 28 heavy (non-hydrogen) atoms. The third kappa shape index (κ3) is 3.10. The fourth-order valence-corrected chi connectivity index (χ4v) is 3.14. The fraction of sp³-hybridized carbons (Fsp3) is 0.353. The number of fused-ring (bicyclic) bond motifs is 1. The Kier molecular flexibility index (Phi) is 4.73. The highest BCUT2D eigenvalue weighted by molar-refractivity contribution is 5.71. The molecule has 0 spiro atoms. The zero-order valence-electron chi connectivity index (χ0n) is 14.5. The summed E-state index contributed by atoms with van der Waals surface area (Å²) in [6, 6.07) is 9.07. The maximum Gasteiger partial charge on any atom is 0.327 e. The molecule has 11 nitrogen and oxygen atoms in total. The van der Waals surface area contributed by atoms with Gasteiger partial charge in [-0.15, -0.1) is 0 Å². The molecule has 4 rings (SSSR count). The lowest BCUT2D eigenvalue weighted by Crippen LogP contribution is -2.33. The Bertz CT molecular complexity index is 1090. The Morgan fingerprint density at radius 3 is 2.57 bits per heavy atom. The molecule has 148 valence electrons. The normalized spacial score (nSPS) is 24.7. The van der Waals surface area contributed by atoms with Gasteiger partial charge in [0.25, 0.3) is 5.56 Å². The van der Waals surface area contributed by atoms with E-state index in [1.165, 1.54) is 4.57 Å². The number of aliphatic hydroxyl groups excluding tert-OH is 3. The number of aliphatic hydroxyl groups is 3. The summed E-state index contributed by atoms with van der Waals surface area (Å²) in [4.78, 5) is 32.5. The molecule has 3 heterocycles. The molecule has 2 aromatic heterocycles. The SMILES string of the molecule is O=c1[nH]c(=O)c2nc(OCc3ccccc3)n([C@H]3O[C@@H](CO)[C@H](O)[C@H]3O)c2[nH]1. The molecule has 0 unspecified atom stereocenters. The Morgan fingerprint density at radius 1 is 1.14 bits per heavy atom. The number of ether oxygens (including phenoxy) is 2. The smallest absolute Gasteiger partial charge is 0.327 e.